The van der Waals surface area contributed by atoms with Crippen molar-refractivity contribution in [3.63, 3.8) is 0 Å². The van der Waals surface area contributed by atoms with E-state index < -0.39 is 41.4 Å². The van der Waals surface area contributed by atoms with Crippen molar-refractivity contribution in [3.8, 4) is 16.9 Å². The zero-order valence-electron chi connectivity index (χ0n) is 20.1. The number of benzene rings is 1. The highest BCUT2D eigenvalue weighted by molar-refractivity contribution is 6.00. The van der Waals surface area contributed by atoms with Crippen molar-refractivity contribution in [3.05, 3.63) is 41.5 Å². The third-order valence-corrected chi connectivity index (χ3v) is 5.45. The average Bonchev–Trinajstić information content (AvgIpc) is 3.05. The molecule has 1 aromatic heterocycles. The predicted octanol–water partition coefficient (Wildman–Crippen LogP) is 4.99. The largest absolute Gasteiger partial charge is 0.478 e. The summed E-state index contributed by atoms with van der Waals surface area (Å²) in [5.41, 5.74) is -0.575. The average molecular weight is 495 g/mol. The number of nitrogens with zero attached hydrogens (tertiary/aromatic N) is 2. The van der Waals surface area contributed by atoms with Gasteiger partial charge in [-0.05, 0) is 58.7 Å². The molecule has 35 heavy (non-hydrogen) atoms. The fourth-order valence-electron chi connectivity index (χ4n) is 4.11. The van der Waals surface area contributed by atoms with Crippen LogP contribution in [0.25, 0.3) is 11.1 Å². The Morgan fingerprint density at radius 2 is 1.94 bits per heavy atom. The first kappa shape index (κ1) is 26.1. The Morgan fingerprint density at radius 1 is 1.26 bits per heavy atom. The molecule has 3 rings (SSSR count). The highest BCUT2D eigenvalue weighted by Crippen LogP contribution is 2.40. The number of rotatable bonds is 6. The maximum atomic E-state index is 14.3. The summed E-state index contributed by atoms with van der Waals surface area (Å²) in [6, 6.07) is 3.13. The summed E-state index contributed by atoms with van der Waals surface area (Å²) in [4.78, 5) is 30.4. The fourth-order valence-corrected chi connectivity index (χ4v) is 4.11. The number of aromatic carboxylic acids is 1. The summed E-state index contributed by atoms with van der Waals surface area (Å²) in [7, 11) is 0. The van der Waals surface area contributed by atoms with Gasteiger partial charge in [0.15, 0.2) is 0 Å². The molecule has 8 nitrogen and oxygen atoms in total. The third kappa shape index (κ3) is 6.34. The van der Waals surface area contributed by atoms with Crippen LogP contribution in [0.5, 0.6) is 5.75 Å². The predicted molar refractivity (Wildman–Crippen MR) is 123 cm³/mol. The molecule has 1 saturated heterocycles. The molecular weight excluding hydrogens is 467 g/mol. The molecule has 1 aliphatic heterocycles. The molecule has 2 N–H and O–H groups in total. The second-order valence-corrected chi connectivity index (χ2v) is 9.70. The number of alkyl halides is 2. The van der Waals surface area contributed by atoms with Gasteiger partial charge >= 0.3 is 18.7 Å². The van der Waals surface area contributed by atoms with E-state index in [9.17, 15) is 27.9 Å². The van der Waals surface area contributed by atoms with Gasteiger partial charge in [0.2, 0.25) is 0 Å². The molecule has 190 valence electrons. The summed E-state index contributed by atoms with van der Waals surface area (Å²) < 4.78 is 49.6. The molecule has 11 heteroatoms. The Labute approximate surface area is 201 Å². The molecule has 1 aromatic carbocycles. The minimum Gasteiger partial charge on any atom is -0.478 e. The number of carbonyl (C=O) groups is 2. The molecule has 1 fully saturated rings. The Morgan fingerprint density at radius 3 is 2.54 bits per heavy atom. The number of aromatic nitrogens is 1. The van der Waals surface area contributed by atoms with Crippen molar-refractivity contribution in [1.29, 1.82) is 0 Å². The molecule has 1 atom stereocenters. The fraction of sp³-hybridized carbons (Fsp3) is 0.458. The number of anilines is 1. The summed E-state index contributed by atoms with van der Waals surface area (Å²) in [6.07, 6.45) is 1.06. The quantitative estimate of drug-likeness (QED) is 0.582. The van der Waals surface area contributed by atoms with Gasteiger partial charge in [-0.3, -0.25) is 4.98 Å². The van der Waals surface area contributed by atoms with E-state index in [1.165, 1.54) is 12.3 Å². The van der Waals surface area contributed by atoms with Crippen LogP contribution < -0.4 is 15.0 Å². The Hall–Kier alpha value is -3.50. The highest BCUT2D eigenvalue weighted by Gasteiger charge is 2.39. The molecule has 2 heterocycles. The number of ether oxygens (including phenoxy) is 2. The van der Waals surface area contributed by atoms with Crippen molar-refractivity contribution in [1.82, 2.24) is 10.3 Å². The monoisotopic (exact) mass is 495 g/mol. The first-order valence-electron chi connectivity index (χ1n) is 10.9. The number of hydrogen-bond donors (Lipinski definition) is 2. The number of pyridine rings is 1. The van der Waals surface area contributed by atoms with Crippen molar-refractivity contribution in [2.24, 2.45) is 0 Å². The van der Waals surface area contributed by atoms with Crippen LogP contribution in [-0.4, -0.2) is 53.0 Å². The van der Waals surface area contributed by atoms with Crippen molar-refractivity contribution in [2.75, 3.05) is 18.0 Å². The van der Waals surface area contributed by atoms with Crippen LogP contribution in [0, 0.1) is 12.7 Å². The summed E-state index contributed by atoms with van der Waals surface area (Å²) in [5, 5.41) is 12.7. The highest BCUT2D eigenvalue weighted by atomic mass is 19.3. The van der Waals surface area contributed by atoms with Crippen molar-refractivity contribution >= 4 is 17.7 Å². The number of nitrogens with one attached hydrogen (secondary N) is 1. The molecule has 0 saturated carbocycles. The molecule has 1 aliphatic rings. The lowest BCUT2D eigenvalue weighted by Gasteiger charge is -2.30. The Bertz CT molecular complexity index is 1140. The normalized spacial score (nSPS) is 18.0. The van der Waals surface area contributed by atoms with E-state index in [2.05, 4.69) is 15.0 Å². The summed E-state index contributed by atoms with van der Waals surface area (Å²) in [6.45, 7) is 6.06. The van der Waals surface area contributed by atoms with E-state index in [-0.39, 0.29) is 28.9 Å². The van der Waals surface area contributed by atoms with Crippen LogP contribution in [0.3, 0.4) is 0 Å². The van der Waals surface area contributed by atoms with Gasteiger partial charge in [0.05, 0.1) is 11.2 Å². The first-order valence-corrected chi connectivity index (χ1v) is 10.9. The van der Waals surface area contributed by atoms with Crippen LogP contribution in [-0.2, 0) is 4.74 Å². The van der Waals surface area contributed by atoms with E-state index in [0.717, 1.165) is 12.1 Å². The van der Waals surface area contributed by atoms with Gasteiger partial charge in [0.1, 0.15) is 22.7 Å². The number of alkyl carbamates (subject to hydrolysis) is 1. The SMILES string of the molecule is Cc1ncc(C(=O)O)c(N2CC[C@](C)(NC(=O)OC(C)(C)C)C2)c1-c1cc(F)cc(OC(F)F)c1. The summed E-state index contributed by atoms with van der Waals surface area (Å²) in [5.74, 6) is -2.50. The van der Waals surface area contributed by atoms with E-state index in [4.69, 9.17) is 4.74 Å². The number of carboxylic acid groups (broad SMARTS) is 1. The smallest absolute Gasteiger partial charge is 0.408 e. The van der Waals surface area contributed by atoms with E-state index in [1.807, 2.05) is 6.92 Å². The lowest BCUT2D eigenvalue weighted by Crippen LogP contribution is -2.49. The van der Waals surface area contributed by atoms with Crippen molar-refractivity contribution in [2.45, 2.75) is 58.8 Å². The van der Waals surface area contributed by atoms with E-state index in [0.29, 0.717) is 18.7 Å². The first-order chi connectivity index (χ1) is 16.2. The van der Waals surface area contributed by atoms with Gasteiger partial charge in [-0.1, -0.05) is 0 Å². The van der Waals surface area contributed by atoms with Gasteiger partial charge in [0, 0.05) is 36.6 Å². The van der Waals surface area contributed by atoms with Gasteiger partial charge in [-0.15, -0.1) is 0 Å². The zero-order valence-corrected chi connectivity index (χ0v) is 20.1. The number of amides is 1. The Kier molecular flexibility index (Phi) is 7.18. The van der Waals surface area contributed by atoms with E-state index >= 15 is 0 Å². The van der Waals surface area contributed by atoms with Crippen LogP contribution in [0.2, 0.25) is 0 Å². The number of carboxylic acids is 1. The Balaban J connectivity index is 2.05. The molecule has 1 amide bonds. The number of hydrogen-bond acceptors (Lipinski definition) is 6. The lowest BCUT2D eigenvalue weighted by molar-refractivity contribution is -0.0499. The van der Waals surface area contributed by atoms with Crippen LogP contribution in [0.4, 0.5) is 23.7 Å². The molecule has 2 aromatic rings. The van der Waals surface area contributed by atoms with Gasteiger partial charge in [-0.25, -0.2) is 14.0 Å². The molecular formula is C24H28F3N3O5. The molecule has 0 spiro atoms. The van der Waals surface area contributed by atoms with Gasteiger partial charge in [0.25, 0.3) is 0 Å². The van der Waals surface area contributed by atoms with Crippen molar-refractivity contribution < 1.29 is 37.3 Å². The summed E-state index contributed by atoms with van der Waals surface area (Å²) >= 11 is 0. The van der Waals surface area contributed by atoms with Crippen LogP contribution in [0.15, 0.2) is 24.4 Å². The zero-order chi connectivity index (χ0) is 26.1. The second kappa shape index (κ2) is 9.63. The number of aryl methyl sites for hydroxylation is 1. The standard InChI is InChI=1S/C24H28F3N3O5/c1-13-18(14-8-15(25)10-16(9-14)34-21(26)27)19(17(11-28-13)20(31)32)30-7-6-24(5,12-30)29-22(33)35-23(2,3)4/h8-11,21H,6-7,12H2,1-5H3,(H,29,33)(H,31,32)/t24-/m0/s1. The molecule has 0 radical (unpaired) electrons. The second-order valence-electron chi connectivity index (χ2n) is 9.70. The maximum Gasteiger partial charge on any atom is 0.408 e. The van der Waals surface area contributed by atoms with Gasteiger partial charge in [-0.2, -0.15) is 8.78 Å². The number of halogens is 3. The topological polar surface area (TPSA) is 101 Å². The van der Waals surface area contributed by atoms with Crippen LogP contribution in [0.1, 0.15) is 50.2 Å². The van der Waals surface area contributed by atoms with Gasteiger partial charge < -0.3 is 24.8 Å². The molecule has 0 unspecified atom stereocenters. The minimum atomic E-state index is -3.16. The minimum absolute atomic E-state index is 0.137. The molecule has 0 aliphatic carbocycles. The van der Waals surface area contributed by atoms with Crippen LogP contribution >= 0.6 is 0 Å². The maximum absolute atomic E-state index is 14.3. The lowest BCUT2D eigenvalue weighted by atomic mass is 9.97. The number of carbonyl (C=O) groups excluding carboxylic acids is 1. The molecule has 0 bridgehead atoms. The third-order valence-electron chi connectivity index (χ3n) is 5.45. The van der Waals surface area contributed by atoms with E-state index in [1.54, 1.807) is 32.6 Å².